The van der Waals surface area contributed by atoms with Crippen LogP contribution in [0.2, 0.25) is 0 Å². The van der Waals surface area contributed by atoms with Crippen molar-refractivity contribution in [2.45, 2.75) is 26.2 Å². The van der Waals surface area contributed by atoms with Crippen molar-refractivity contribution in [1.82, 2.24) is 4.98 Å². The summed E-state index contributed by atoms with van der Waals surface area (Å²) in [4.78, 5) is 5.41. The molecule has 0 saturated heterocycles. The van der Waals surface area contributed by atoms with E-state index in [1.807, 2.05) is 11.7 Å². The van der Waals surface area contributed by atoms with Crippen LogP contribution >= 0.6 is 11.3 Å². The highest BCUT2D eigenvalue weighted by Gasteiger charge is 2.10. The molecular weight excluding hydrogens is 202 g/mol. The van der Waals surface area contributed by atoms with Gasteiger partial charge in [0.2, 0.25) is 0 Å². The Morgan fingerprint density at radius 3 is 2.80 bits per heavy atom. The summed E-state index contributed by atoms with van der Waals surface area (Å²) in [5.41, 5.74) is 4.67. The molecule has 0 fully saturated rings. The van der Waals surface area contributed by atoms with Gasteiger partial charge in [0.1, 0.15) is 0 Å². The molecule has 0 spiro atoms. The lowest BCUT2D eigenvalue weighted by Gasteiger charge is -2.13. The minimum absolute atomic E-state index is 0.614. The zero-order valence-electron chi connectivity index (χ0n) is 9.10. The number of aromatic nitrogens is 1. The van der Waals surface area contributed by atoms with E-state index in [0.717, 1.165) is 0 Å². The van der Waals surface area contributed by atoms with Gasteiger partial charge >= 0.3 is 0 Å². The first-order chi connectivity index (χ1) is 7.33. The Labute approximate surface area is 94.8 Å². The summed E-state index contributed by atoms with van der Waals surface area (Å²) in [6.07, 6.45) is 3.13. The zero-order valence-corrected chi connectivity index (χ0v) is 9.92. The fraction of sp³-hybridized carbons (Fsp3) is 0.308. The predicted molar refractivity (Wildman–Crippen MR) is 66.3 cm³/mol. The second kappa shape index (κ2) is 4.58. The van der Waals surface area contributed by atoms with Crippen LogP contribution in [0.3, 0.4) is 0 Å². The van der Waals surface area contributed by atoms with Gasteiger partial charge in [0, 0.05) is 6.20 Å². The van der Waals surface area contributed by atoms with Crippen LogP contribution in [-0.4, -0.2) is 4.98 Å². The molecule has 0 bridgehead atoms. The third-order valence-corrected chi connectivity index (χ3v) is 3.61. The van der Waals surface area contributed by atoms with Crippen LogP contribution in [0.1, 0.15) is 31.7 Å². The first kappa shape index (κ1) is 10.4. The van der Waals surface area contributed by atoms with Crippen molar-refractivity contribution >= 4 is 11.3 Å². The quantitative estimate of drug-likeness (QED) is 0.746. The molecule has 2 rings (SSSR count). The lowest BCUT2D eigenvalue weighted by atomic mass is 9.93. The molecule has 1 unspecified atom stereocenters. The van der Waals surface area contributed by atoms with Crippen LogP contribution in [-0.2, 0) is 0 Å². The Morgan fingerprint density at radius 2 is 2.13 bits per heavy atom. The Balaban J connectivity index is 2.47. The number of thiazole rings is 1. The Hall–Kier alpha value is -1.15. The van der Waals surface area contributed by atoms with Gasteiger partial charge in [-0.3, -0.25) is 4.98 Å². The molecule has 1 atom stereocenters. The van der Waals surface area contributed by atoms with Gasteiger partial charge in [-0.15, -0.1) is 11.3 Å². The van der Waals surface area contributed by atoms with Crippen molar-refractivity contribution in [2.75, 3.05) is 0 Å². The summed E-state index contributed by atoms with van der Waals surface area (Å²) in [7, 11) is 0. The highest BCUT2D eigenvalue weighted by atomic mass is 32.1. The number of rotatable bonds is 3. The molecule has 1 aromatic heterocycles. The zero-order chi connectivity index (χ0) is 10.7. The average molecular weight is 217 g/mol. The summed E-state index contributed by atoms with van der Waals surface area (Å²) in [5, 5.41) is 0. The van der Waals surface area contributed by atoms with Crippen LogP contribution in [0.5, 0.6) is 0 Å². The molecule has 2 aromatic rings. The second-order valence-corrected chi connectivity index (χ2v) is 4.65. The molecule has 0 radical (unpaired) electrons. The minimum atomic E-state index is 0.614. The minimum Gasteiger partial charge on any atom is -0.252 e. The Morgan fingerprint density at radius 1 is 1.33 bits per heavy atom. The van der Waals surface area contributed by atoms with Crippen molar-refractivity contribution in [2.24, 2.45) is 0 Å². The standard InChI is InChI=1S/C13H15NS/c1-3-10(2)11-6-4-5-7-12(11)13-8-14-9-15-13/h4-10H,3H2,1-2H3. The van der Waals surface area contributed by atoms with Gasteiger partial charge in [0.25, 0.3) is 0 Å². The molecule has 0 saturated carbocycles. The summed E-state index contributed by atoms with van der Waals surface area (Å²) in [5.74, 6) is 0.614. The maximum Gasteiger partial charge on any atom is 0.0797 e. The average Bonchev–Trinajstić information content (AvgIpc) is 2.81. The van der Waals surface area contributed by atoms with Crippen LogP contribution in [0.4, 0.5) is 0 Å². The lowest BCUT2D eigenvalue weighted by molar-refractivity contribution is 0.735. The van der Waals surface area contributed by atoms with Gasteiger partial charge in [-0.05, 0) is 23.5 Å². The first-order valence-electron chi connectivity index (χ1n) is 5.30. The van der Waals surface area contributed by atoms with Gasteiger partial charge in [0.15, 0.2) is 0 Å². The van der Waals surface area contributed by atoms with Crippen LogP contribution < -0.4 is 0 Å². The summed E-state index contributed by atoms with van der Waals surface area (Å²) < 4.78 is 0. The third kappa shape index (κ3) is 2.10. The van der Waals surface area contributed by atoms with E-state index in [4.69, 9.17) is 0 Å². The van der Waals surface area contributed by atoms with E-state index in [1.165, 1.54) is 22.4 Å². The molecule has 0 aliphatic heterocycles. The summed E-state index contributed by atoms with van der Waals surface area (Å²) in [6.45, 7) is 4.51. The third-order valence-electron chi connectivity index (χ3n) is 2.80. The predicted octanol–water partition coefficient (Wildman–Crippen LogP) is 4.32. The van der Waals surface area contributed by atoms with Crippen LogP contribution in [0.25, 0.3) is 10.4 Å². The highest BCUT2D eigenvalue weighted by molar-refractivity contribution is 7.13. The molecule has 1 nitrogen and oxygen atoms in total. The van der Waals surface area contributed by atoms with E-state index in [9.17, 15) is 0 Å². The van der Waals surface area contributed by atoms with Gasteiger partial charge in [0.05, 0.1) is 10.4 Å². The summed E-state index contributed by atoms with van der Waals surface area (Å²) >= 11 is 1.71. The largest absolute Gasteiger partial charge is 0.252 e. The lowest BCUT2D eigenvalue weighted by Crippen LogP contribution is -1.93. The monoisotopic (exact) mass is 217 g/mol. The smallest absolute Gasteiger partial charge is 0.0797 e. The van der Waals surface area contributed by atoms with Gasteiger partial charge < -0.3 is 0 Å². The normalized spacial score (nSPS) is 12.7. The van der Waals surface area contributed by atoms with Gasteiger partial charge in [-0.25, -0.2) is 0 Å². The molecule has 1 heterocycles. The first-order valence-corrected chi connectivity index (χ1v) is 6.18. The molecule has 1 aromatic carbocycles. The second-order valence-electron chi connectivity index (χ2n) is 3.76. The van der Waals surface area contributed by atoms with E-state index in [1.54, 1.807) is 11.3 Å². The number of hydrogen-bond acceptors (Lipinski definition) is 2. The van der Waals surface area contributed by atoms with Crippen molar-refractivity contribution in [3.63, 3.8) is 0 Å². The van der Waals surface area contributed by atoms with Crippen molar-refractivity contribution < 1.29 is 0 Å². The molecule has 2 heteroatoms. The molecular formula is C13H15NS. The Kier molecular flexibility index (Phi) is 3.17. The number of benzene rings is 1. The fourth-order valence-corrected chi connectivity index (χ4v) is 2.39. The van der Waals surface area contributed by atoms with E-state index in [-0.39, 0.29) is 0 Å². The van der Waals surface area contributed by atoms with Crippen molar-refractivity contribution in [1.29, 1.82) is 0 Å². The molecule has 0 aliphatic carbocycles. The molecule has 0 aliphatic rings. The maximum absolute atomic E-state index is 4.14. The Bertz CT molecular complexity index is 420. The van der Waals surface area contributed by atoms with E-state index >= 15 is 0 Å². The van der Waals surface area contributed by atoms with E-state index < -0.39 is 0 Å². The van der Waals surface area contributed by atoms with E-state index in [0.29, 0.717) is 5.92 Å². The highest BCUT2D eigenvalue weighted by Crippen LogP contribution is 2.32. The van der Waals surface area contributed by atoms with Crippen LogP contribution in [0.15, 0.2) is 36.0 Å². The topological polar surface area (TPSA) is 12.9 Å². The van der Waals surface area contributed by atoms with Gasteiger partial charge in [-0.1, -0.05) is 38.1 Å². The van der Waals surface area contributed by atoms with Crippen molar-refractivity contribution in [3.05, 3.63) is 41.5 Å². The molecule has 78 valence electrons. The van der Waals surface area contributed by atoms with Gasteiger partial charge in [-0.2, -0.15) is 0 Å². The van der Waals surface area contributed by atoms with E-state index in [2.05, 4.69) is 43.1 Å². The summed E-state index contributed by atoms with van der Waals surface area (Å²) in [6, 6.07) is 8.63. The molecule has 0 amide bonds. The molecule has 15 heavy (non-hydrogen) atoms. The number of nitrogens with zero attached hydrogens (tertiary/aromatic N) is 1. The van der Waals surface area contributed by atoms with Crippen molar-refractivity contribution in [3.8, 4) is 10.4 Å². The fourth-order valence-electron chi connectivity index (χ4n) is 1.72. The maximum atomic E-state index is 4.14. The SMILES string of the molecule is CCC(C)c1ccccc1-c1cncs1. The van der Waals surface area contributed by atoms with Crippen LogP contribution in [0, 0.1) is 0 Å². The number of hydrogen-bond donors (Lipinski definition) is 0. The molecule has 0 N–H and O–H groups in total.